The number of anilines is 2. The number of halogens is 1. The van der Waals surface area contributed by atoms with Crippen molar-refractivity contribution in [2.24, 2.45) is 5.92 Å². The molecule has 38 heavy (non-hydrogen) atoms. The molecule has 2 fully saturated rings. The van der Waals surface area contributed by atoms with E-state index in [9.17, 15) is 12.8 Å². The first-order chi connectivity index (χ1) is 18.5. The first kappa shape index (κ1) is 24.7. The van der Waals surface area contributed by atoms with Crippen LogP contribution in [0.2, 0.25) is 0 Å². The number of hydrogen-bond acceptors (Lipinski definition) is 7. The van der Waals surface area contributed by atoms with Gasteiger partial charge in [0.25, 0.3) is 0 Å². The van der Waals surface area contributed by atoms with E-state index in [1.165, 1.54) is 10.4 Å². The maximum atomic E-state index is 13.9. The third-order valence-electron chi connectivity index (χ3n) is 7.47. The van der Waals surface area contributed by atoms with Gasteiger partial charge < -0.3 is 9.80 Å². The summed E-state index contributed by atoms with van der Waals surface area (Å²) in [6.07, 6.45) is 3.75. The van der Waals surface area contributed by atoms with Gasteiger partial charge in [0, 0.05) is 38.6 Å². The Labute approximate surface area is 222 Å². The van der Waals surface area contributed by atoms with E-state index in [0.29, 0.717) is 19.0 Å². The van der Waals surface area contributed by atoms with Crippen molar-refractivity contribution in [1.82, 2.24) is 23.9 Å². The topological polar surface area (TPSA) is 86.9 Å². The smallest absolute Gasteiger partial charge is 0.203 e. The summed E-state index contributed by atoms with van der Waals surface area (Å²) in [6, 6.07) is 16.7. The number of benzene rings is 1. The molecule has 0 unspecified atom stereocenters. The second-order valence-electron chi connectivity index (χ2n) is 9.91. The first-order valence-corrected chi connectivity index (χ1v) is 14.1. The highest BCUT2D eigenvalue weighted by Gasteiger charge is 2.30. The fourth-order valence-electron chi connectivity index (χ4n) is 5.52. The Bertz CT molecular complexity index is 1530. The average molecular weight is 536 g/mol. The summed E-state index contributed by atoms with van der Waals surface area (Å²) >= 11 is 0. The zero-order valence-corrected chi connectivity index (χ0v) is 22.0. The Morgan fingerprint density at radius 1 is 1.08 bits per heavy atom. The summed E-state index contributed by atoms with van der Waals surface area (Å²) in [5, 5.41) is 4.94. The first-order valence-electron chi connectivity index (χ1n) is 13.0. The molecule has 1 aromatic carbocycles. The monoisotopic (exact) mass is 535 g/mol. The predicted molar refractivity (Wildman–Crippen MR) is 145 cm³/mol. The van der Waals surface area contributed by atoms with Crippen molar-refractivity contribution < 1.29 is 12.8 Å². The van der Waals surface area contributed by atoms with Crippen molar-refractivity contribution in [3.05, 3.63) is 72.2 Å². The Morgan fingerprint density at radius 2 is 1.92 bits per heavy atom. The van der Waals surface area contributed by atoms with Gasteiger partial charge in [-0.1, -0.05) is 25.1 Å². The molecule has 9 nitrogen and oxygen atoms in total. The van der Waals surface area contributed by atoms with Crippen molar-refractivity contribution in [3.63, 3.8) is 0 Å². The van der Waals surface area contributed by atoms with Crippen LogP contribution in [-0.4, -0.2) is 65.0 Å². The van der Waals surface area contributed by atoms with Gasteiger partial charge in [0.2, 0.25) is 10.9 Å². The Hall–Kier alpha value is -3.57. The number of nitrogens with zero attached hydrogens (tertiary/aromatic N) is 7. The minimum absolute atomic E-state index is 0.0758. The quantitative estimate of drug-likeness (QED) is 0.345. The van der Waals surface area contributed by atoms with Crippen LogP contribution < -0.4 is 9.80 Å². The van der Waals surface area contributed by atoms with Crippen LogP contribution >= 0.6 is 0 Å². The molecule has 0 aliphatic carbocycles. The van der Waals surface area contributed by atoms with Gasteiger partial charge in [-0.05, 0) is 54.8 Å². The lowest BCUT2D eigenvalue weighted by Crippen LogP contribution is -2.51. The molecule has 4 aromatic rings. The number of thiol groups is 1. The molecule has 3 aromatic heterocycles. The lowest BCUT2D eigenvalue weighted by atomic mass is 10.00. The molecule has 1 atom stereocenters. The van der Waals surface area contributed by atoms with Gasteiger partial charge >= 0.3 is 0 Å². The van der Waals surface area contributed by atoms with Crippen molar-refractivity contribution >= 4 is 28.2 Å². The van der Waals surface area contributed by atoms with E-state index in [1.807, 2.05) is 47.8 Å². The number of pyridine rings is 1. The largest absolute Gasteiger partial charge is 0.356 e. The molecule has 5 heterocycles. The molecule has 11 heteroatoms. The van der Waals surface area contributed by atoms with Crippen LogP contribution in [0.4, 0.5) is 16.0 Å². The molecule has 0 saturated carbocycles. The van der Waals surface area contributed by atoms with Crippen molar-refractivity contribution in [1.29, 1.82) is 0 Å². The molecule has 0 amide bonds. The van der Waals surface area contributed by atoms with E-state index in [2.05, 4.69) is 14.8 Å². The molecule has 0 bridgehead atoms. The number of imidazole rings is 1. The maximum absolute atomic E-state index is 13.9. The molecular weight excluding hydrogens is 505 g/mol. The molecule has 0 radical (unpaired) electrons. The van der Waals surface area contributed by atoms with Gasteiger partial charge in [0.1, 0.15) is 23.1 Å². The lowest BCUT2D eigenvalue weighted by molar-refractivity contribution is 0.311. The zero-order chi connectivity index (χ0) is 26.2. The Kier molecular flexibility index (Phi) is 6.71. The normalized spacial score (nSPS) is 18.2. The predicted octanol–water partition coefficient (Wildman–Crippen LogP) is 3.56. The van der Waals surface area contributed by atoms with Crippen LogP contribution in [0.5, 0.6) is 0 Å². The zero-order valence-electron chi connectivity index (χ0n) is 21.2. The highest BCUT2D eigenvalue weighted by atomic mass is 32.2. The molecule has 0 spiro atoms. The molecule has 6 rings (SSSR count). The summed E-state index contributed by atoms with van der Waals surface area (Å²) < 4.78 is 39.9. The van der Waals surface area contributed by atoms with Crippen molar-refractivity contribution in [3.8, 4) is 11.4 Å². The van der Waals surface area contributed by atoms with Gasteiger partial charge in [-0.25, -0.2) is 31.6 Å². The van der Waals surface area contributed by atoms with E-state index in [0.717, 1.165) is 66.7 Å². The minimum atomic E-state index is -2.55. The number of hydrogen-bond donors (Lipinski definition) is 1. The number of rotatable bonds is 8. The minimum Gasteiger partial charge on any atom is -0.356 e. The second kappa shape index (κ2) is 10.3. The van der Waals surface area contributed by atoms with Crippen LogP contribution in [0.3, 0.4) is 0 Å². The second-order valence-corrected chi connectivity index (χ2v) is 10.9. The summed E-state index contributed by atoms with van der Waals surface area (Å²) in [7, 11) is -2.55. The van der Waals surface area contributed by atoms with Gasteiger partial charge in [-0.3, -0.25) is 0 Å². The summed E-state index contributed by atoms with van der Waals surface area (Å²) in [4.78, 5) is 13.8. The van der Waals surface area contributed by atoms with Gasteiger partial charge in [0.05, 0.1) is 17.9 Å². The fraction of sp³-hybridized carbons (Fsp3) is 0.370. The van der Waals surface area contributed by atoms with E-state index in [-0.39, 0.29) is 11.9 Å². The van der Waals surface area contributed by atoms with Gasteiger partial charge in [0.15, 0.2) is 5.65 Å². The van der Waals surface area contributed by atoms with Crippen molar-refractivity contribution in [2.75, 3.05) is 42.5 Å². The number of aromatic nitrogens is 4. The highest BCUT2D eigenvalue weighted by Crippen LogP contribution is 2.36. The SMILES string of the molecule is CCN(CC1CN(c2cccc(-c3cnc4ccc(N5CCC[C@@H]5c5cccc(F)c5)nn34)n2)C1)[SH](=O)=O. The van der Waals surface area contributed by atoms with E-state index in [1.54, 1.807) is 18.3 Å². The summed E-state index contributed by atoms with van der Waals surface area (Å²) in [6.45, 7) is 5.27. The van der Waals surface area contributed by atoms with E-state index < -0.39 is 10.9 Å². The van der Waals surface area contributed by atoms with E-state index in [4.69, 9.17) is 10.1 Å². The van der Waals surface area contributed by atoms with Crippen LogP contribution in [0.25, 0.3) is 17.0 Å². The fourth-order valence-corrected chi connectivity index (χ4v) is 6.11. The molecule has 198 valence electrons. The Morgan fingerprint density at radius 3 is 2.71 bits per heavy atom. The summed E-state index contributed by atoms with van der Waals surface area (Å²) in [5.41, 5.74) is 3.25. The van der Waals surface area contributed by atoms with Gasteiger partial charge in [-0.15, -0.1) is 5.10 Å². The molecule has 2 aliphatic rings. The third-order valence-corrected chi connectivity index (χ3v) is 8.38. The standard InChI is InChI=1S/C27H30FN7O2S/c1-2-33(38(36)37)18-19-16-32(17-19)26-10-4-8-22(30-26)24-15-29-25-11-12-27(31-35(24)25)34-13-5-9-23(34)20-6-3-7-21(28)14-20/h3-4,6-8,10-12,14-15,19,23,38H,2,5,9,13,16-18H2,1H3/t23-/m1/s1. The van der Waals surface area contributed by atoms with Crippen LogP contribution in [0.1, 0.15) is 31.4 Å². The van der Waals surface area contributed by atoms with Crippen LogP contribution in [0, 0.1) is 11.7 Å². The van der Waals surface area contributed by atoms with Crippen molar-refractivity contribution in [2.45, 2.75) is 25.8 Å². The molecule has 0 N–H and O–H groups in total. The lowest BCUT2D eigenvalue weighted by Gasteiger charge is -2.41. The molecule has 2 saturated heterocycles. The maximum Gasteiger partial charge on any atom is 0.203 e. The molecule has 2 aliphatic heterocycles. The average Bonchev–Trinajstić information content (AvgIpc) is 3.55. The number of fused-ring (bicyclic) bond motifs is 1. The molecular formula is C27H30FN7O2S. The van der Waals surface area contributed by atoms with Crippen LogP contribution in [0.15, 0.2) is 60.8 Å². The van der Waals surface area contributed by atoms with E-state index >= 15 is 0 Å². The Balaban J connectivity index is 1.24. The highest BCUT2D eigenvalue weighted by molar-refractivity contribution is 7.69. The van der Waals surface area contributed by atoms with Crippen LogP contribution in [-0.2, 0) is 10.9 Å². The van der Waals surface area contributed by atoms with Gasteiger partial charge in [-0.2, -0.15) is 0 Å². The third kappa shape index (κ3) is 4.71. The summed E-state index contributed by atoms with van der Waals surface area (Å²) in [5.74, 6) is 1.74.